The van der Waals surface area contributed by atoms with Crippen LogP contribution in [0.15, 0.2) is 103 Å². The van der Waals surface area contributed by atoms with Crippen molar-refractivity contribution in [2.24, 2.45) is 0 Å². The van der Waals surface area contributed by atoms with Crippen LogP contribution in [0, 0.1) is 11.3 Å². The summed E-state index contributed by atoms with van der Waals surface area (Å²) in [6, 6.07) is 33.8. The molecule has 0 saturated heterocycles. The van der Waals surface area contributed by atoms with Gasteiger partial charge in [0.05, 0.1) is 6.20 Å². The molecule has 3 aromatic carbocycles. The van der Waals surface area contributed by atoms with Gasteiger partial charge in [0.1, 0.15) is 22.0 Å². The summed E-state index contributed by atoms with van der Waals surface area (Å²) in [5.41, 5.74) is 0. The predicted octanol–water partition coefficient (Wildman–Crippen LogP) is 0.911. The van der Waals surface area contributed by atoms with Crippen LogP contribution in [0.3, 0.4) is 0 Å². The summed E-state index contributed by atoms with van der Waals surface area (Å²) in [7, 11) is 1.67. The molecule has 0 bridgehead atoms. The van der Waals surface area contributed by atoms with Gasteiger partial charge in [0.15, 0.2) is 7.26 Å². The summed E-state index contributed by atoms with van der Waals surface area (Å²) in [6.45, 7) is 0. The number of allylic oxidation sites excluding steroid dienone is 1. The van der Waals surface area contributed by atoms with Crippen molar-refractivity contribution in [1.82, 2.24) is 4.90 Å². The van der Waals surface area contributed by atoms with Gasteiger partial charge in [0, 0.05) is 14.1 Å². The molecular weight excluding hydrogens is 371 g/mol. The highest BCUT2D eigenvalue weighted by molar-refractivity contribution is 7.99. The molecule has 0 saturated carbocycles. The van der Waals surface area contributed by atoms with Crippen molar-refractivity contribution in [3.8, 4) is 6.07 Å². The Morgan fingerprint density at radius 1 is 0.741 bits per heavy atom. The second-order valence-electron chi connectivity index (χ2n) is 6.27. The Morgan fingerprint density at radius 3 is 1.33 bits per heavy atom. The number of nitrogens with zero attached hydrogens (tertiary/aromatic N) is 2. The first-order valence-electron chi connectivity index (χ1n) is 8.54. The van der Waals surface area contributed by atoms with Crippen LogP contribution in [-0.2, 0) is 0 Å². The Bertz CT molecular complexity index is 820. The molecule has 2 nitrogen and oxygen atoms in total. The molecule has 0 spiro atoms. The average molecular weight is 393 g/mol. The van der Waals surface area contributed by atoms with E-state index in [-0.39, 0.29) is 12.4 Å². The molecule has 3 aromatic rings. The van der Waals surface area contributed by atoms with Gasteiger partial charge >= 0.3 is 0 Å². The SMILES string of the molecule is CN(C)C=C(C#N)[P+](c1ccccc1)(c1ccccc1)c1ccccc1.[Cl-]. The molecule has 0 heterocycles. The molecule has 0 fully saturated rings. The number of hydrogen-bond donors (Lipinski definition) is 0. The van der Waals surface area contributed by atoms with Crippen LogP contribution in [-0.4, -0.2) is 19.0 Å². The number of hydrogen-bond acceptors (Lipinski definition) is 2. The van der Waals surface area contributed by atoms with Crippen molar-refractivity contribution in [2.75, 3.05) is 14.1 Å². The maximum Gasteiger partial charge on any atom is 0.201 e. The van der Waals surface area contributed by atoms with E-state index >= 15 is 0 Å². The summed E-state index contributed by atoms with van der Waals surface area (Å²) in [5, 5.41) is 14.5. The van der Waals surface area contributed by atoms with Crippen LogP contribution in [0.1, 0.15) is 0 Å². The normalized spacial score (nSPS) is 11.2. The predicted molar refractivity (Wildman–Crippen MR) is 113 cm³/mol. The molecule has 0 aliphatic carbocycles. The Kier molecular flexibility index (Phi) is 7.19. The third-order valence-corrected chi connectivity index (χ3v) is 8.44. The van der Waals surface area contributed by atoms with E-state index in [1.54, 1.807) is 0 Å². The van der Waals surface area contributed by atoms with E-state index in [2.05, 4.69) is 78.9 Å². The zero-order valence-corrected chi connectivity index (χ0v) is 17.1. The molecule has 0 unspecified atom stereocenters. The highest BCUT2D eigenvalue weighted by Crippen LogP contribution is 2.62. The van der Waals surface area contributed by atoms with Crippen LogP contribution >= 0.6 is 7.26 Å². The molecule has 0 N–H and O–H groups in total. The van der Waals surface area contributed by atoms with Crippen molar-refractivity contribution in [3.63, 3.8) is 0 Å². The van der Waals surface area contributed by atoms with E-state index in [9.17, 15) is 5.26 Å². The van der Waals surface area contributed by atoms with Crippen LogP contribution < -0.4 is 28.3 Å². The summed E-state index contributed by atoms with van der Waals surface area (Å²) in [6.07, 6.45) is 1.97. The van der Waals surface area contributed by atoms with Gasteiger partial charge in [-0.1, -0.05) is 54.6 Å². The van der Waals surface area contributed by atoms with Crippen molar-refractivity contribution in [2.45, 2.75) is 0 Å². The molecule has 0 aromatic heterocycles. The molecule has 0 aliphatic rings. The Labute approximate surface area is 168 Å². The van der Waals surface area contributed by atoms with Crippen molar-refractivity contribution in [3.05, 3.63) is 103 Å². The monoisotopic (exact) mass is 392 g/mol. The number of rotatable bonds is 5. The summed E-state index contributed by atoms with van der Waals surface area (Å²) in [4.78, 5) is 1.96. The fourth-order valence-electron chi connectivity index (χ4n) is 3.25. The van der Waals surface area contributed by atoms with Gasteiger partial charge in [-0.15, -0.1) is 0 Å². The van der Waals surface area contributed by atoms with Gasteiger partial charge in [-0.3, -0.25) is 0 Å². The second-order valence-corrected chi connectivity index (χ2v) is 9.64. The quantitative estimate of drug-likeness (QED) is 0.477. The Balaban J connectivity index is 0.00000261. The molecule has 0 amide bonds. The maximum absolute atomic E-state index is 10.2. The highest BCUT2D eigenvalue weighted by Gasteiger charge is 2.50. The van der Waals surface area contributed by atoms with Crippen LogP contribution in [0.2, 0.25) is 0 Å². The van der Waals surface area contributed by atoms with E-state index in [0.717, 1.165) is 5.31 Å². The lowest BCUT2D eigenvalue weighted by Crippen LogP contribution is -3.00. The van der Waals surface area contributed by atoms with E-state index in [1.165, 1.54) is 15.9 Å². The third kappa shape index (κ3) is 4.06. The second kappa shape index (κ2) is 9.38. The van der Waals surface area contributed by atoms with Gasteiger partial charge in [0.2, 0.25) is 5.31 Å². The largest absolute Gasteiger partial charge is 1.00 e. The van der Waals surface area contributed by atoms with E-state index in [0.29, 0.717) is 0 Å². The first-order valence-corrected chi connectivity index (χ1v) is 10.3. The minimum absolute atomic E-state index is 0. The van der Waals surface area contributed by atoms with Crippen molar-refractivity contribution in [1.29, 1.82) is 5.26 Å². The summed E-state index contributed by atoms with van der Waals surface area (Å²) >= 11 is 0. The standard InChI is InChI=1S/C23H22N2P.ClH/c1-25(2)19-23(18-24)26(20-12-6-3-7-13-20,21-14-8-4-9-15-21)22-16-10-5-11-17-22;/h3-17,19H,1-2H3;1H/q+1;/p-1. The molecule has 0 radical (unpaired) electrons. The third-order valence-electron chi connectivity index (χ3n) is 4.29. The van der Waals surface area contributed by atoms with Crippen molar-refractivity contribution >= 4 is 23.2 Å². The number of benzene rings is 3. The topological polar surface area (TPSA) is 27.0 Å². The molecule has 136 valence electrons. The maximum atomic E-state index is 10.2. The lowest BCUT2D eigenvalue weighted by molar-refractivity contribution is -0.00000537. The smallest absolute Gasteiger partial charge is 0.201 e. The zero-order chi connectivity index (χ0) is 18.4. The summed E-state index contributed by atoms with van der Waals surface area (Å²) < 4.78 is 0. The first-order chi connectivity index (χ1) is 12.7. The fourth-order valence-corrected chi connectivity index (χ4v) is 7.40. The molecular formula is C23H22ClN2P. The van der Waals surface area contributed by atoms with E-state index < -0.39 is 7.26 Å². The molecule has 0 atom stereocenters. The number of halogens is 1. The molecule has 27 heavy (non-hydrogen) atoms. The number of nitriles is 1. The minimum Gasteiger partial charge on any atom is -1.00 e. The first kappa shape index (κ1) is 20.7. The van der Waals surface area contributed by atoms with Gasteiger partial charge < -0.3 is 17.3 Å². The van der Waals surface area contributed by atoms with E-state index in [1.807, 2.05) is 43.4 Å². The average Bonchev–Trinajstić information content (AvgIpc) is 2.70. The van der Waals surface area contributed by atoms with Crippen LogP contribution in [0.5, 0.6) is 0 Å². The minimum atomic E-state index is -2.26. The fraction of sp³-hybridized carbons (Fsp3) is 0.0870. The Hall–Kier alpha value is -2.59. The molecule has 4 heteroatoms. The Morgan fingerprint density at radius 2 is 1.07 bits per heavy atom. The van der Waals surface area contributed by atoms with Crippen LogP contribution in [0.25, 0.3) is 0 Å². The van der Waals surface area contributed by atoms with Gasteiger partial charge in [-0.2, -0.15) is 5.26 Å². The lowest BCUT2D eigenvalue weighted by Gasteiger charge is -2.27. The zero-order valence-electron chi connectivity index (χ0n) is 15.5. The van der Waals surface area contributed by atoms with Gasteiger partial charge in [0.25, 0.3) is 0 Å². The summed E-state index contributed by atoms with van der Waals surface area (Å²) in [5.74, 6) is 0. The van der Waals surface area contributed by atoms with Crippen molar-refractivity contribution < 1.29 is 12.4 Å². The highest BCUT2D eigenvalue weighted by atomic mass is 35.5. The molecule has 0 aliphatic heterocycles. The van der Waals surface area contributed by atoms with Gasteiger partial charge in [-0.05, 0) is 36.4 Å². The van der Waals surface area contributed by atoms with E-state index in [4.69, 9.17) is 0 Å². The van der Waals surface area contributed by atoms with Gasteiger partial charge in [-0.25, -0.2) is 0 Å². The lowest BCUT2D eigenvalue weighted by atomic mass is 10.4. The van der Waals surface area contributed by atoms with Crippen LogP contribution in [0.4, 0.5) is 0 Å². The molecule has 3 rings (SSSR count).